The fourth-order valence-corrected chi connectivity index (χ4v) is 5.24. The molecule has 1 aliphatic heterocycles. The van der Waals surface area contributed by atoms with E-state index in [1.165, 1.54) is 12.0 Å². The first-order chi connectivity index (χ1) is 13.0. The average Bonchev–Trinajstić information content (AvgIpc) is 2.68. The number of fused-ring (bicyclic) bond motifs is 1. The molecule has 3 rings (SSSR count). The fraction of sp³-hybridized carbons (Fsp3) is 0.650. The van der Waals surface area contributed by atoms with Gasteiger partial charge in [0.05, 0.1) is 4.90 Å². The number of hydrogen-bond acceptors (Lipinski definition) is 4. The lowest BCUT2D eigenvalue weighted by Gasteiger charge is -2.32. The molecule has 1 unspecified atom stereocenters. The molecule has 2 aliphatic rings. The van der Waals surface area contributed by atoms with Gasteiger partial charge in [0.15, 0.2) is 0 Å². The van der Waals surface area contributed by atoms with Crippen molar-refractivity contribution in [3.05, 3.63) is 29.3 Å². The van der Waals surface area contributed by atoms with Crippen LogP contribution in [0.15, 0.2) is 23.1 Å². The second-order valence-corrected chi connectivity index (χ2v) is 9.46. The molecule has 0 aromatic heterocycles. The Hall–Kier alpha value is -1.44. The van der Waals surface area contributed by atoms with E-state index in [4.69, 9.17) is 0 Å². The van der Waals surface area contributed by atoms with Crippen LogP contribution >= 0.6 is 0 Å². The number of carbonyl (C=O) groups excluding carboxylic acids is 1. The summed E-state index contributed by atoms with van der Waals surface area (Å²) >= 11 is 0. The summed E-state index contributed by atoms with van der Waals surface area (Å²) in [4.78, 5) is 14.6. The number of rotatable bonds is 7. The predicted molar refractivity (Wildman–Crippen MR) is 106 cm³/mol. The van der Waals surface area contributed by atoms with Crippen LogP contribution in [0.5, 0.6) is 0 Å². The van der Waals surface area contributed by atoms with Gasteiger partial charge >= 0.3 is 0 Å². The average molecular weight is 394 g/mol. The number of hydrogen-bond donors (Lipinski definition) is 2. The zero-order valence-corrected chi connectivity index (χ0v) is 17.0. The molecule has 1 fully saturated rings. The van der Waals surface area contributed by atoms with Gasteiger partial charge in [-0.2, -0.15) is 0 Å². The topological polar surface area (TPSA) is 78.5 Å². The van der Waals surface area contributed by atoms with Gasteiger partial charge in [0, 0.05) is 26.1 Å². The number of nitrogens with zero attached hydrogens (tertiary/aromatic N) is 1. The Morgan fingerprint density at radius 3 is 2.74 bits per heavy atom. The molecule has 150 valence electrons. The lowest BCUT2D eigenvalue weighted by Crippen LogP contribution is -2.43. The van der Waals surface area contributed by atoms with Crippen molar-refractivity contribution < 1.29 is 13.2 Å². The summed E-state index contributed by atoms with van der Waals surface area (Å²) in [5, 5.41) is 3.17. The first-order valence-electron chi connectivity index (χ1n) is 10.0. The molecule has 2 N–H and O–H groups in total. The van der Waals surface area contributed by atoms with E-state index in [0.29, 0.717) is 10.8 Å². The van der Waals surface area contributed by atoms with Gasteiger partial charge in [-0.3, -0.25) is 4.79 Å². The molecule has 7 heteroatoms. The van der Waals surface area contributed by atoms with Crippen molar-refractivity contribution in [2.45, 2.75) is 49.8 Å². The monoisotopic (exact) mass is 393 g/mol. The van der Waals surface area contributed by atoms with E-state index < -0.39 is 10.0 Å². The lowest BCUT2D eigenvalue weighted by atomic mass is 9.92. The van der Waals surface area contributed by atoms with Gasteiger partial charge in [-0.25, -0.2) is 13.1 Å². The number of aryl methyl sites for hydroxylation is 2. The number of amides is 1. The molecule has 1 heterocycles. The van der Waals surface area contributed by atoms with Crippen molar-refractivity contribution in [2.24, 2.45) is 5.92 Å². The molecule has 1 aliphatic carbocycles. The molecule has 1 saturated heterocycles. The minimum absolute atomic E-state index is 0.0314. The van der Waals surface area contributed by atoms with Crippen LogP contribution < -0.4 is 10.0 Å². The maximum absolute atomic E-state index is 12.6. The quantitative estimate of drug-likeness (QED) is 0.739. The lowest BCUT2D eigenvalue weighted by molar-refractivity contribution is -0.132. The molecule has 1 atom stereocenters. The fourth-order valence-electron chi connectivity index (χ4n) is 4.16. The van der Waals surface area contributed by atoms with Crippen LogP contribution in [0.2, 0.25) is 0 Å². The highest BCUT2D eigenvalue weighted by Gasteiger charge is 2.23. The molecule has 0 spiro atoms. The number of likely N-dealkylation sites (tertiary alicyclic amines) is 1. The summed E-state index contributed by atoms with van der Waals surface area (Å²) in [7, 11) is -1.64. The SMILES string of the molecule is CNCC1CCCN(C(=O)CCNS(=O)(=O)c2ccc3c(c2)CCCC3)C1. The molecule has 6 nitrogen and oxygen atoms in total. The van der Waals surface area contributed by atoms with Gasteiger partial charge in [0.1, 0.15) is 0 Å². The van der Waals surface area contributed by atoms with E-state index in [1.54, 1.807) is 12.1 Å². The largest absolute Gasteiger partial charge is 0.342 e. The Labute approximate surface area is 162 Å². The Kier molecular flexibility index (Phi) is 6.89. The number of nitrogens with one attached hydrogen (secondary N) is 2. The summed E-state index contributed by atoms with van der Waals surface area (Å²) in [5.41, 5.74) is 2.40. The van der Waals surface area contributed by atoms with E-state index in [-0.39, 0.29) is 18.9 Å². The summed E-state index contributed by atoms with van der Waals surface area (Å²) in [6.07, 6.45) is 6.61. The standard InChI is InChI=1S/C20H31N3O3S/c1-21-14-16-5-4-12-23(15-16)20(24)10-11-22-27(25,26)19-9-8-17-6-2-3-7-18(17)13-19/h8-9,13,16,21-22H,2-7,10-12,14-15H2,1H3. The number of benzene rings is 1. The first kappa shape index (κ1) is 20.3. The molecule has 0 radical (unpaired) electrons. The zero-order chi connectivity index (χ0) is 19.3. The van der Waals surface area contributed by atoms with Gasteiger partial charge in [-0.05, 0) is 81.3 Å². The van der Waals surface area contributed by atoms with Crippen LogP contribution in [-0.4, -0.2) is 52.5 Å². The molecule has 1 aromatic rings. The molecule has 0 bridgehead atoms. The summed E-state index contributed by atoms with van der Waals surface area (Å²) < 4.78 is 27.7. The van der Waals surface area contributed by atoms with Gasteiger partial charge in [0.25, 0.3) is 0 Å². The molecule has 27 heavy (non-hydrogen) atoms. The van der Waals surface area contributed by atoms with Crippen molar-refractivity contribution >= 4 is 15.9 Å². The van der Waals surface area contributed by atoms with Gasteiger partial charge in [-0.1, -0.05) is 6.07 Å². The summed E-state index contributed by atoms with van der Waals surface area (Å²) in [6, 6.07) is 5.41. The van der Waals surface area contributed by atoms with Gasteiger partial charge in [-0.15, -0.1) is 0 Å². The zero-order valence-electron chi connectivity index (χ0n) is 16.2. The van der Waals surface area contributed by atoms with Crippen molar-refractivity contribution in [1.29, 1.82) is 0 Å². The summed E-state index contributed by atoms with van der Waals surface area (Å²) in [5.74, 6) is 0.517. The molecule has 1 aromatic carbocycles. The van der Waals surface area contributed by atoms with E-state index in [1.807, 2.05) is 18.0 Å². The molecular formula is C20H31N3O3S. The third kappa shape index (κ3) is 5.30. The second kappa shape index (κ2) is 9.17. The maximum Gasteiger partial charge on any atom is 0.240 e. The highest BCUT2D eigenvalue weighted by atomic mass is 32.2. The van der Waals surface area contributed by atoms with Crippen LogP contribution in [0.25, 0.3) is 0 Å². The van der Waals surface area contributed by atoms with Crippen LogP contribution in [-0.2, 0) is 27.7 Å². The van der Waals surface area contributed by atoms with Crippen molar-refractivity contribution in [1.82, 2.24) is 14.9 Å². The third-order valence-electron chi connectivity index (χ3n) is 5.63. The van der Waals surface area contributed by atoms with Gasteiger partial charge in [0.2, 0.25) is 15.9 Å². The Morgan fingerprint density at radius 2 is 1.96 bits per heavy atom. The summed E-state index contributed by atoms with van der Waals surface area (Å²) in [6.45, 7) is 2.59. The number of piperidine rings is 1. The highest BCUT2D eigenvalue weighted by molar-refractivity contribution is 7.89. The molecular weight excluding hydrogens is 362 g/mol. The molecule has 1 amide bonds. The molecule has 0 saturated carbocycles. The predicted octanol–water partition coefficient (Wildman–Crippen LogP) is 1.69. The maximum atomic E-state index is 12.6. The Morgan fingerprint density at radius 1 is 1.19 bits per heavy atom. The van der Waals surface area contributed by atoms with Crippen LogP contribution in [0.4, 0.5) is 0 Å². The Bertz CT molecular complexity index is 762. The first-order valence-corrected chi connectivity index (χ1v) is 11.5. The van der Waals surface area contributed by atoms with Crippen LogP contribution in [0.3, 0.4) is 0 Å². The third-order valence-corrected chi connectivity index (χ3v) is 7.08. The van der Waals surface area contributed by atoms with Crippen molar-refractivity contribution in [3.8, 4) is 0 Å². The van der Waals surface area contributed by atoms with Crippen molar-refractivity contribution in [3.63, 3.8) is 0 Å². The smallest absolute Gasteiger partial charge is 0.240 e. The van der Waals surface area contributed by atoms with Crippen molar-refractivity contribution in [2.75, 3.05) is 33.2 Å². The second-order valence-electron chi connectivity index (χ2n) is 7.69. The van der Waals surface area contributed by atoms with Crippen LogP contribution in [0, 0.1) is 5.92 Å². The highest BCUT2D eigenvalue weighted by Crippen LogP contribution is 2.24. The van der Waals surface area contributed by atoms with E-state index in [0.717, 1.165) is 57.3 Å². The van der Waals surface area contributed by atoms with E-state index in [9.17, 15) is 13.2 Å². The van der Waals surface area contributed by atoms with Crippen LogP contribution in [0.1, 0.15) is 43.2 Å². The Balaban J connectivity index is 1.52. The minimum Gasteiger partial charge on any atom is -0.342 e. The number of carbonyl (C=O) groups is 1. The van der Waals surface area contributed by atoms with Gasteiger partial charge < -0.3 is 10.2 Å². The minimum atomic E-state index is -3.57. The van der Waals surface area contributed by atoms with E-state index >= 15 is 0 Å². The normalized spacial score (nSPS) is 20.3. The number of sulfonamides is 1. The van der Waals surface area contributed by atoms with E-state index in [2.05, 4.69) is 10.0 Å².